The zero-order valence-corrected chi connectivity index (χ0v) is 11.6. The van der Waals surface area contributed by atoms with Crippen LogP contribution in [0.15, 0.2) is 34.9 Å². The second-order valence-electron chi connectivity index (χ2n) is 3.56. The summed E-state index contributed by atoms with van der Waals surface area (Å²) in [7, 11) is 1.87. The maximum Gasteiger partial charge on any atom is 0.174 e. The lowest BCUT2D eigenvalue weighted by atomic mass is 10.3. The van der Waals surface area contributed by atoms with Crippen molar-refractivity contribution in [3.63, 3.8) is 0 Å². The first kappa shape index (κ1) is 12.4. The molecule has 1 heterocycles. The third-order valence-corrected chi connectivity index (χ3v) is 2.81. The lowest BCUT2D eigenvalue weighted by molar-refractivity contribution is 0.248. The van der Waals surface area contributed by atoms with E-state index in [4.69, 9.17) is 9.26 Å². The zero-order valence-electron chi connectivity index (χ0n) is 9.44. The molecular formula is C12H13IN2O2. The molecule has 0 radical (unpaired) electrons. The minimum absolute atomic E-state index is 0.400. The van der Waals surface area contributed by atoms with Gasteiger partial charge in [-0.1, -0.05) is 11.2 Å². The molecule has 1 aromatic heterocycles. The fourth-order valence-corrected chi connectivity index (χ4v) is 1.91. The van der Waals surface area contributed by atoms with Crippen LogP contribution in [0, 0.1) is 3.57 Å². The van der Waals surface area contributed by atoms with E-state index in [2.05, 4.69) is 33.1 Å². The number of nitrogens with zero attached hydrogens (tertiary/aromatic N) is 1. The van der Waals surface area contributed by atoms with Gasteiger partial charge in [0.25, 0.3) is 0 Å². The van der Waals surface area contributed by atoms with Gasteiger partial charge in [-0.2, -0.15) is 0 Å². The van der Waals surface area contributed by atoms with E-state index in [1.54, 1.807) is 0 Å². The maximum atomic E-state index is 5.61. The molecule has 0 bridgehead atoms. The molecule has 0 atom stereocenters. The van der Waals surface area contributed by atoms with Crippen LogP contribution in [0.2, 0.25) is 0 Å². The van der Waals surface area contributed by atoms with Gasteiger partial charge in [-0.25, -0.2) is 0 Å². The van der Waals surface area contributed by atoms with Crippen LogP contribution in [0.4, 0.5) is 0 Å². The number of nitrogens with one attached hydrogen (secondary N) is 1. The molecule has 0 aliphatic carbocycles. The van der Waals surface area contributed by atoms with Crippen LogP contribution in [0.5, 0.6) is 5.75 Å². The molecule has 0 saturated carbocycles. The second kappa shape index (κ2) is 6.02. The van der Waals surface area contributed by atoms with Gasteiger partial charge in [-0.15, -0.1) is 0 Å². The van der Waals surface area contributed by atoms with E-state index >= 15 is 0 Å². The molecule has 1 N–H and O–H groups in total. The maximum absolute atomic E-state index is 5.61. The fraction of sp³-hybridized carbons (Fsp3) is 0.250. The Labute approximate surface area is 113 Å². The molecule has 1 aromatic carbocycles. The topological polar surface area (TPSA) is 47.3 Å². The molecule has 2 aromatic rings. The van der Waals surface area contributed by atoms with E-state index in [0.717, 1.165) is 20.8 Å². The van der Waals surface area contributed by atoms with Crippen molar-refractivity contribution in [1.29, 1.82) is 0 Å². The van der Waals surface area contributed by atoms with Crippen LogP contribution in [-0.4, -0.2) is 12.2 Å². The van der Waals surface area contributed by atoms with Gasteiger partial charge in [0.1, 0.15) is 12.4 Å². The highest BCUT2D eigenvalue weighted by atomic mass is 127. The van der Waals surface area contributed by atoms with E-state index < -0.39 is 0 Å². The van der Waals surface area contributed by atoms with Crippen molar-refractivity contribution in [2.75, 3.05) is 7.05 Å². The van der Waals surface area contributed by atoms with Crippen LogP contribution >= 0.6 is 22.6 Å². The highest BCUT2D eigenvalue weighted by molar-refractivity contribution is 14.1. The van der Waals surface area contributed by atoms with Crippen LogP contribution in [-0.2, 0) is 13.2 Å². The average Bonchev–Trinajstić information content (AvgIpc) is 2.75. The summed E-state index contributed by atoms with van der Waals surface area (Å²) >= 11 is 2.25. The number of hydrogen-bond donors (Lipinski definition) is 1. The first-order valence-corrected chi connectivity index (χ1v) is 6.33. The minimum atomic E-state index is 0.400. The molecule has 0 aliphatic heterocycles. The molecule has 0 aliphatic rings. The second-order valence-corrected chi connectivity index (χ2v) is 4.81. The number of halogens is 1. The summed E-state index contributed by atoms with van der Waals surface area (Å²) < 4.78 is 11.9. The van der Waals surface area contributed by atoms with Crippen molar-refractivity contribution in [2.45, 2.75) is 13.2 Å². The Morgan fingerprint density at radius 1 is 1.41 bits per heavy atom. The van der Waals surface area contributed by atoms with E-state index in [1.165, 1.54) is 0 Å². The molecule has 90 valence electrons. The van der Waals surface area contributed by atoms with Crippen LogP contribution in [0.1, 0.15) is 11.5 Å². The van der Waals surface area contributed by atoms with Gasteiger partial charge in [0.05, 0.1) is 5.69 Å². The van der Waals surface area contributed by atoms with Gasteiger partial charge < -0.3 is 14.6 Å². The van der Waals surface area contributed by atoms with Gasteiger partial charge in [0, 0.05) is 16.2 Å². The molecule has 5 heteroatoms. The third kappa shape index (κ3) is 3.71. The Morgan fingerprint density at radius 2 is 2.29 bits per heavy atom. The lowest BCUT2D eigenvalue weighted by Crippen LogP contribution is -2.04. The fourth-order valence-electron chi connectivity index (χ4n) is 1.40. The normalized spacial score (nSPS) is 10.5. The summed E-state index contributed by atoms with van der Waals surface area (Å²) in [6.45, 7) is 1.10. The molecule has 0 unspecified atom stereocenters. The Hall–Kier alpha value is -1.08. The third-order valence-electron chi connectivity index (χ3n) is 2.14. The highest BCUT2D eigenvalue weighted by Crippen LogP contribution is 2.16. The van der Waals surface area contributed by atoms with Crippen LogP contribution in [0.3, 0.4) is 0 Å². The number of aromatic nitrogens is 1. The Kier molecular flexibility index (Phi) is 4.38. The Morgan fingerprint density at radius 3 is 3.06 bits per heavy atom. The Balaban J connectivity index is 1.93. The van der Waals surface area contributed by atoms with E-state index in [-0.39, 0.29) is 0 Å². The van der Waals surface area contributed by atoms with Gasteiger partial charge >= 0.3 is 0 Å². The largest absolute Gasteiger partial charge is 0.486 e. The van der Waals surface area contributed by atoms with Crippen LogP contribution < -0.4 is 10.1 Å². The van der Waals surface area contributed by atoms with Crippen molar-refractivity contribution >= 4 is 22.6 Å². The molecule has 2 rings (SSSR count). The van der Waals surface area contributed by atoms with Gasteiger partial charge in [0.15, 0.2) is 5.76 Å². The van der Waals surface area contributed by atoms with E-state index in [1.807, 2.05) is 37.4 Å². The van der Waals surface area contributed by atoms with Crippen molar-refractivity contribution < 1.29 is 9.26 Å². The Bertz CT molecular complexity index is 485. The molecule has 0 spiro atoms. The minimum Gasteiger partial charge on any atom is -0.486 e. The first-order valence-electron chi connectivity index (χ1n) is 5.25. The molecule has 0 saturated heterocycles. The number of hydrogen-bond acceptors (Lipinski definition) is 4. The average molecular weight is 344 g/mol. The summed E-state index contributed by atoms with van der Waals surface area (Å²) in [5.41, 5.74) is 0.883. The van der Waals surface area contributed by atoms with Crippen molar-refractivity contribution in [2.24, 2.45) is 0 Å². The van der Waals surface area contributed by atoms with Crippen LogP contribution in [0.25, 0.3) is 0 Å². The van der Waals surface area contributed by atoms with Crippen molar-refractivity contribution in [3.8, 4) is 5.75 Å². The molecule has 0 fully saturated rings. The SMILES string of the molecule is CNCc1cc(COc2cccc(I)c2)on1. The van der Waals surface area contributed by atoms with Crippen molar-refractivity contribution in [1.82, 2.24) is 10.5 Å². The number of benzene rings is 1. The van der Waals surface area contributed by atoms with Gasteiger partial charge in [0.2, 0.25) is 0 Å². The molecule has 17 heavy (non-hydrogen) atoms. The zero-order chi connectivity index (χ0) is 12.1. The quantitative estimate of drug-likeness (QED) is 0.847. The first-order chi connectivity index (χ1) is 8.28. The molecular weight excluding hydrogens is 331 g/mol. The summed E-state index contributed by atoms with van der Waals surface area (Å²) in [4.78, 5) is 0. The summed E-state index contributed by atoms with van der Waals surface area (Å²) in [6.07, 6.45) is 0. The smallest absolute Gasteiger partial charge is 0.174 e. The summed E-state index contributed by atoms with van der Waals surface area (Å²) in [6, 6.07) is 9.78. The molecule has 0 amide bonds. The molecule has 4 nitrogen and oxygen atoms in total. The highest BCUT2D eigenvalue weighted by Gasteiger charge is 2.04. The number of ether oxygens (including phenoxy) is 1. The van der Waals surface area contributed by atoms with E-state index in [9.17, 15) is 0 Å². The lowest BCUT2D eigenvalue weighted by Gasteiger charge is -2.03. The van der Waals surface area contributed by atoms with Gasteiger partial charge in [-0.05, 0) is 47.8 Å². The van der Waals surface area contributed by atoms with Gasteiger partial charge in [-0.3, -0.25) is 0 Å². The number of rotatable bonds is 5. The standard InChI is InChI=1S/C12H13IN2O2/c1-14-7-10-6-12(17-15-10)8-16-11-4-2-3-9(13)5-11/h2-6,14H,7-8H2,1H3. The van der Waals surface area contributed by atoms with E-state index in [0.29, 0.717) is 13.2 Å². The monoisotopic (exact) mass is 344 g/mol. The predicted octanol–water partition coefficient (Wildman–Crippen LogP) is 2.58. The summed E-state index contributed by atoms with van der Waals surface area (Å²) in [5.74, 6) is 1.57. The predicted molar refractivity (Wildman–Crippen MR) is 72.8 cm³/mol. The summed E-state index contributed by atoms with van der Waals surface area (Å²) in [5, 5.41) is 6.93. The van der Waals surface area contributed by atoms with Crippen molar-refractivity contribution in [3.05, 3.63) is 45.4 Å².